The van der Waals surface area contributed by atoms with Crippen LogP contribution in [0.1, 0.15) is 25.7 Å². The van der Waals surface area contributed by atoms with Crippen LogP contribution < -0.4 is 19.5 Å². The summed E-state index contributed by atoms with van der Waals surface area (Å²) in [6.07, 6.45) is 3.89. The van der Waals surface area contributed by atoms with Gasteiger partial charge in [-0.05, 0) is 37.1 Å². The van der Waals surface area contributed by atoms with Crippen molar-refractivity contribution < 1.29 is 23.4 Å². The molecular formula is C21H19N3O5. The van der Waals surface area contributed by atoms with Crippen LogP contribution in [0.25, 0.3) is 11.5 Å². The molecule has 1 amide bonds. The van der Waals surface area contributed by atoms with Crippen molar-refractivity contribution in [3.05, 3.63) is 48.5 Å². The molecule has 1 saturated carbocycles. The van der Waals surface area contributed by atoms with Gasteiger partial charge >= 0.3 is 6.08 Å². The van der Waals surface area contributed by atoms with E-state index in [0.717, 1.165) is 31.2 Å². The molecule has 8 nitrogen and oxygen atoms in total. The molecule has 0 unspecified atom stereocenters. The van der Waals surface area contributed by atoms with Gasteiger partial charge < -0.3 is 23.9 Å². The summed E-state index contributed by atoms with van der Waals surface area (Å²) in [5, 5.41) is 10.5. The zero-order chi connectivity index (χ0) is 19.7. The number of nitrogens with zero attached hydrogens (tertiary/aromatic N) is 2. The fourth-order valence-corrected chi connectivity index (χ4v) is 3.58. The van der Waals surface area contributed by atoms with Crippen LogP contribution in [0.5, 0.6) is 17.6 Å². The highest BCUT2D eigenvalue weighted by molar-refractivity contribution is 5.92. The van der Waals surface area contributed by atoms with Crippen LogP contribution in [0.3, 0.4) is 0 Å². The number of hydrogen-bond donors (Lipinski definition) is 1. The first-order chi connectivity index (χ1) is 14.2. The topological polar surface area (TPSA) is 95.7 Å². The Hall–Kier alpha value is -3.55. The number of fused-ring (bicyclic) bond motifs is 1. The van der Waals surface area contributed by atoms with Gasteiger partial charge in [-0.15, -0.1) is 5.10 Å². The second-order valence-electron chi connectivity index (χ2n) is 7.06. The molecule has 2 aliphatic rings. The van der Waals surface area contributed by atoms with E-state index in [2.05, 4.69) is 15.5 Å². The zero-order valence-corrected chi connectivity index (χ0v) is 15.6. The van der Waals surface area contributed by atoms with Crippen molar-refractivity contribution in [3.63, 3.8) is 0 Å². The summed E-state index contributed by atoms with van der Waals surface area (Å²) < 4.78 is 22.7. The molecule has 1 aromatic heterocycles. The van der Waals surface area contributed by atoms with Gasteiger partial charge in [0.2, 0.25) is 0 Å². The van der Waals surface area contributed by atoms with E-state index in [1.165, 1.54) is 0 Å². The largest absolute Gasteiger partial charge is 0.448 e. The van der Waals surface area contributed by atoms with Gasteiger partial charge in [-0.1, -0.05) is 23.3 Å². The molecule has 1 N–H and O–H groups in total. The van der Waals surface area contributed by atoms with Crippen LogP contribution in [0.2, 0.25) is 0 Å². The smallest absolute Gasteiger partial charge is 0.415 e. The number of benzene rings is 2. The average molecular weight is 393 g/mol. The van der Waals surface area contributed by atoms with Gasteiger partial charge in [0.05, 0.1) is 0 Å². The quantitative estimate of drug-likeness (QED) is 0.704. The van der Waals surface area contributed by atoms with Gasteiger partial charge in [0.1, 0.15) is 0 Å². The second kappa shape index (κ2) is 7.12. The van der Waals surface area contributed by atoms with E-state index < -0.39 is 5.79 Å². The molecule has 3 aromatic rings. The first-order valence-corrected chi connectivity index (χ1v) is 9.53. The lowest BCUT2D eigenvalue weighted by Gasteiger charge is -2.21. The number of ether oxygens (including phenoxy) is 3. The van der Waals surface area contributed by atoms with E-state index in [1.54, 1.807) is 12.1 Å². The Morgan fingerprint density at radius 1 is 1.03 bits per heavy atom. The molecule has 1 fully saturated rings. The first-order valence-electron chi connectivity index (χ1n) is 9.53. The van der Waals surface area contributed by atoms with Crippen molar-refractivity contribution in [2.45, 2.75) is 31.5 Å². The minimum absolute atomic E-state index is 0.0622. The summed E-state index contributed by atoms with van der Waals surface area (Å²) in [5.74, 6) is 0.815. The maximum atomic E-state index is 12.2. The third kappa shape index (κ3) is 3.61. The molecular weight excluding hydrogens is 374 g/mol. The maximum Gasteiger partial charge on any atom is 0.415 e. The Balaban J connectivity index is 1.18. The summed E-state index contributed by atoms with van der Waals surface area (Å²) in [6, 6.07) is 14.7. The molecule has 148 valence electrons. The Labute approximate surface area is 166 Å². The van der Waals surface area contributed by atoms with Gasteiger partial charge in [0.25, 0.3) is 17.6 Å². The molecule has 0 atom stereocenters. The van der Waals surface area contributed by atoms with Gasteiger partial charge in [-0.25, -0.2) is 0 Å². The van der Waals surface area contributed by atoms with Gasteiger partial charge in [0, 0.05) is 30.2 Å². The second-order valence-corrected chi connectivity index (χ2v) is 7.06. The monoisotopic (exact) mass is 393 g/mol. The first kappa shape index (κ1) is 17.5. The van der Waals surface area contributed by atoms with Gasteiger partial charge in [-0.3, -0.25) is 4.79 Å². The van der Waals surface area contributed by atoms with E-state index in [9.17, 15) is 4.79 Å². The molecule has 0 saturated heterocycles. The number of carbonyl (C=O) groups is 1. The number of anilines is 1. The SMILES string of the molecule is O=C(COc1nnc(-c2ccccc2)o1)Nc1ccc2c(c1)OC1(CCCC1)O2. The minimum Gasteiger partial charge on any atom is -0.448 e. The summed E-state index contributed by atoms with van der Waals surface area (Å²) in [6.45, 7) is -0.255. The van der Waals surface area contributed by atoms with Crippen LogP contribution in [0.4, 0.5) is 5.69 Å². The Morgan fingerprint density at radius 3 is 2.66 bits per heavy atom. The van der Waals surface area contributed by atoms with E-state index in [1.807, 2.05) is 36.4 Å². The number of aromatic nitrogens is 2. The Bertz CT molecular complexity index is 1030. The van der Waals surface area contributed by atoms with Crippen LogP contribution in [0, 0.1) is 0 Å². The van der Waals surface area contributed by atoms with Crippen LogP contribution in [-0.4, -0.2) is 28.5 Å². The molecule has 0 bridgehead atoms. The van der Waals surface area contributed by atoms with Crippen molar-refractivity contribution in [2.24, 2.45) is 0 Å². The molecule has 29 heavy (non-hydrogen) atoms. The van der Waals surface area contributed by atoms with E-state index in [4.69, 9.17) is 18.6 Å². The molecule has 5 rings (SSSR count). The fourth-order valence-electron chi connectivity index (χ4n) is 3.58. The van der Waals surface area contributed by atoms with Crippen molar-refractivity contribution in [2.75, 3.05) is 11.9 Å². The van der Waals surface area contributed by atoms with Crippen LogP contribution >= 0.6 is 0 Å². The molecule has 1 aliphatic heterocycles. The fraction of sp³-hybridized carbons (Fsp3) is 0.286. The lowest BCUT2D eigenvalue weighted by molar-refractivity contribution is -0.118. The highest BCUT2D eigenvalue weighted by Crippen LogP contribution is 2.47. The van der Waals surface area contributed by atoms with E-state index in [-0.39, 0.29) is 18.6 Å². The van der Waals surface area contributed by atoms with Crippen molar-refractivity contribution in [3.8, 4) is 29.0 Å². The number of rotatable bonds is 5. The summed E-state index contributed by atoms with van der Waals surface area (Å²) >= 11 is 0. The minimum atomic E-state index is -0.525. The lowest BCUT2D eigenvalue weighted by Crippen LogP contribution is -2.34. The van der Waals surface area contributed by atoms with Crippen molar-refractivity contribution >= 4 is 11.6 Å². The normalized spacial score (nSPS) is 16.1. The lowest BCUT2D eigenvalue weighted by atomic mass is 10.2. The predicted molar refractivity (Wildman–Crippen MR) is 103 cm³/mol. The van der Waals surface area contributed by atoms with Crippen molar-refractivity contribution in [1.82, 2.24) is 10.2 Å². The van der Waals surface area contributed by atoms with Crippen molar-refractivity contribution in [1.29, 1.82) is 0 Å². The number of amides is 1. The van der Waals surface area contributed by atoms with E-state index in [0.29, 0.717) is 23.1 Å². The third-order valence-corrected chi connectivity index (χ3v) is 4.94. The predicted octanol–water partition coefficient (Wildman–Crippen LogP) is 3.80. The summed E-state index contributed by atoms with van der Waals surface area (Å²) in [5.41, 5.74) is 1.38. The molecule has 2 aromatic carbocycles. The number of nitrogens with one attached hydrogen (secondary N) is 1. The third-order valence-electron chi connectivity index (χ3n) is 4.94. The molecule has 1 aliphatic carbocycles. The summed E-state index contributed by atoms with van der Waals surface area (Å²) in [7, 11) is 0. The Kier molecular flexibility index (Phi) is 4.31. The molecule has 1 spiro atoms. The zero-order valence-electron chi connectivity index (χ0n) is 15.6. The average Bonchev–Trinajstić information content (AvgIpc) is 3.47. The molecule has 0 radical (unpaired) electrons. The molecule has 8 heteroatoms. The number of hydrogen-bond acceptors (Lipinski definition) is 7. The molecule has 2 heterocycles. The van der Waals surface area contributed by atoms with Gasteiger partial charge in [0.15, 0.2) is 18.1 Å². The van der Waals surface area contributed by atoms with Crippen LogP contribution in [0.15, 0.2) is 52.9 Å². The van der Waals surface area contributed by atoms with E-state index >= 15 is 0 Å². The summed E-state index contributed by atoms with van der Waals surface area (Å²) in [4.78, 5) is 12.2. The van der Waals surface area contributed by atoms with Gasteiger partial charge in [-0.2, -0.15) is 0 Å². The van der Waals surface area contributed by atoms with Crippen LogP contribution in [-0.2, 0) is 4.79 Å². The highest BCUT2D eigenvalue weighted by Gasteiger charge is 2.44. The maximum absolute atomic E-state index is 12.2. The number of carbonyl (C=O) groups excluding carboxylic acids is 1. The highest BCUT2D eigenvalue weighted by atomic mass is 16.7. The standard InChI is InChI=1S/C21H19N3O5/c25-18(13-26-20-24-23-19(27-20)14-6-2-1-3-7-14)22-15-8-9-16-17(12-15)29-21(28-16)10-4-5-11-21/h1-3,6-9,12H,4-5,10-11,13H2,(H,22,25). The Morgan fingerprint density at radius 2 is 1.83 bits per heavy atom.